The van der Waals surface area contributed by atoms with Crippen LogP contribution in [-0.2, 0) is 38.0 Å². The van der Waals surface area contributed by atoms with Crippen molar-refractivity contribution in [1.29, 1.82) is 0 Å². The standard InChI is InChI=1S/C21H22Cl2O.Zr/c1-12-11-14-16(18(12)22)15(13-9-7-6-8-10-13)20(24-5)17(19(14)23)21(2,3)4;/h6-10H,11H2,1-5H3;. The fraction of sp³-hybridized carbons (Fsp3) is 0.333. The van der Waals surface area contributed by atoms with Crippen LogP contribution in [0.25, 0.3) is 16.2 Å². The van der Waals surface area contributed by atoms with E-state index >= 15 is 0 Å². The van der Waals surface area contributed by atoms with Crippen LogP contribution < -0.4 is 4.74 Å². The normalized spacial score (nSPS) is 13.6. The molecule has 0 saturated heterocycles. The van der Waals surface area contributed by atoms with Gasteiger partial charge in [-0.15, -0.1) is 0 Å². The molecule has 0 aromatic heterocycles. The van der Waals surface area contributed by atoms with Gasteiger partial charge in [-0.25, -0.2) is 0 Å². The molecule has 0 aliphatic heterocycles. The summed E-state index contributed by atoms with van der Waals surface area (Å²) < 4.78 is 5.88. The minimum atomic E-state index is -0.135. The van der Waals surface area contributed by atoms with E-state index in [0.717, 1.165) is 55.6 Å². The molecule has 4 heteroatoms. The van der Waals surface area contributed by atoms with Crippen LogP contribution in [0.3, 0.4) is 0 Å². The monoisotopic (exact) mass is 450 g/mol. The minimum absolute atomic E-state index is 0. The molecule has 1 aliphatic rings. The van der Waals surface area contributed by atoms with Crippen LogP contribution in [0.1, 0.15) is 44.4 Å². The molecule has 0 spiro atoms. The predicted molar refractivity (Wildman–Crippen MR) is 104 cm³/mol. The molecular weight excluding hydrogens is 430 g/mol. The molecule has 1 aliphatic carbocycles. The number of halogens is 2. The van der Waals surface area contributed by atoms with Gasteiger partial charge in [-0.05, 0) is 35.5 Å². The van der Waals surface area contributed by atoms with Gasteiger partial charge >= 0.3 is 0 Å². The second-order valence-electron chi connectivity index (χ2n) is 7.34. The van der Waals surface area contributed by atoms with E-state index in [1.54, 1.807) is 7.11 Å². The fourth-order valence-corrected chi connectivity index (χ4v) is 4.27. The van der Waals surface area contributed by atoms with E-state index in [0.29, 0.717) is 0 Å². The van der Waals surface area contributed by atoms with Crippen LogP contribution in [0.5, 0.6) is 5.75 Å². The Kier molecular flexibility index (Phi) is 6.30. The first-order valence-electron chi connectivity index (χ1n) is 8.11. The minimum Gasteiger partial charge on any atom is -0.496 e. The summed E-state index contributed by atoms with van der Waals surface area (Å²) in [6.07, 6.45) is 0.792. The van der Waals surface area contributed by atoms with Crippen molar-refractivity contribution < 1.29 is 30.9 Å². The average molecular weight is 453 g/mol. The summed E-state index contributed by atoms with van der Waals surface area (Å²) in [5.74, 6) is 0.824. The molecule has 0 heterocycles. The van der Waals surface area contributed by atoms with Crippen molar-refractivity contribution in [2.45, 2.75) is 39.5 Å². The van der Waals surface area contributed by atoms with Crippen molar-refractivity contribution in [3.8, 4) is 16.9 Å². The van der Waals surface area contributed by atoms with E-state index in [1.165, 1.54) is 0 Å². The third-order valence-corrected chi connectivity index (χ3v) is 5.47. The summed E-state index contributed by atoms with van der Waals surface area (Å²) >= 11 is 13.5. The zero-order chi connectivity index (χ0) is 17.6. The molecule has 130 valence electrons. The maximum atomic E-state index is 6.85. The van der Waals surface area contributed by atoms with Crippen molar-refractivity contribution in [2.75, 3.05) is 7.11 Å². The van der Waals surface area contributed by atoms with Crippen molar-refractivity contribution in [3.05, 3.63) is 57.6 Å². The SMILES string of the molecule is COc1c(-c2ccccc2)c2c(c(Cl)c1C(C)(C)C)CC(C)=C2Cl.[Zr]. The van der Waals surface area contributed by atoms with Gasteiger partial charge in [0.25, 0.3) is 0 Å². The van der Waals surface area contributed by atoms with Crippen molar-refractivity contribution in [1.82, 2.24) is 0 Å². The molecule has 0 unspecified atom stereocenters. The Hall–Kier alpha value is -0.557. The summed E-state index contributed by atoms with van der Waals surface area (Å²) in [7, 11) is 1.71. The Morgan fingerprint density at radius 2 is 1.60 bits per heavy atom. The van der Waals surface area contributed by atoms with Crippen LogP contribution in [0.4, 0.5) is 0 Å². The number of hydrogen-bond donors (Lipinski definition) is 0. The van der Waals surface area contributed by atoms with Crippen molar-refractivity contribution in [3.63, 3.8) is 0 Å². The number of benzene rings is 2. The second kappa shape index (κ2) is 7.59. The Morgan fingerprint density at radius 1 is 1.00 bits per heavy atom. The van der Waals surface area contributed by atoms with E-state index in [2.05, 4.69) is 39.8 Å². The summed E-state index contributed by atoms with van der Waals surface area (Å²) in [4.78, 5) is 0. The molecular formula is C21H22Cl2OZr. The average Bonchev–Trinajstić information content (AvgIpc) is 2.83. The molecule has 3 rings (SSSR count). The fourth-order valence-electron chi connectivity index (χ4n) is 3.47. The molecule has 1 nitrogen and oxygen atoms in total. The van der Waals surface area contributed by atoms with E-state index in [4.69, 9.17) is 27.9 Å². The van der Waals surface area contributed by atoms with Gasteiger partial charge in [0.05, 0.1) is 12.1 Å². The molecule has 25 heavy (non-hydrogen) atoms. The number of methoxy groups -OCH3 is 1. The van der Waals surface area contributed by atoms with Gasteiger partial charge in [-0.2, -0.15) is 0 Å². The number of rotatable bonds is 2. The summed E-state index contributed by atoms with van der Waals surface area (Å²) in [5, 5.41) is 1.58. The zero-order valence-electron chi connectivity index (χ0n) is 15.3. The van der Waals surface area contributed by atoms with Crippen LogP contribution in [0.2, 0.25) is 5.02 Å². The third kappa shape index (κ3) is 3.51. The largest absolute Gasteiger partial charge is 0.496 e. The van der Waals surface area contributed by atoms with E-state index < -0.39 is 0 Å². The molecule has 0 bridgehead atoms. The smallest absolute Gasteiger partial charge is 0.132 e. The van der Waals surface area contributed by atoms with E-state index in [1.807, 2.05) is 18.2 Å². The maximum Gasteiger partial charge on any atom is 0.132 e. The predicted octanol–water partition coefficient (Wildman–Crippen LogP) is 6.84. The van der Waals surface area contributed by atoms with Crippen LogP contribution in [0, 0.1) is 0 Å². The topological polar surface area (TPSA) is 9.23 Å². The van der Waals surface area contributed by atoms with Gasteiger partial charge in [0.2, 0.25) is 0 Å². The maximum absolute atomic E-state index is 6.85. The second-order valence-corrected chi connectivity index (χ2v) is 8.09. The Balaban J connectivity index is 0.00000225. The molecule has 0 saturated carbocycles. The van der Waals surface area contributed by atoms with Crippen molar-refractivity contribution in [2.24, 2.45) is 0 Å². The van der Waals surface area contributed by atoms with E-state index in [9.17, 15) is 0 Å². The third-order valence-electron chi connectivity index (χ3n) is 4.54. The Morgan fingerprint density at radius 3 is 2.12 bits per heavy atom. The van der Waals surface area contributed by atoms with Gasteiger partial charge in [0.1, 0.15) is 5.75 Å². The molecule has 2 aromatic rings. The number of fused-ring (bicyclic) bond motifs is 1. The molecule has 0 amide bonds. The van der Waals surface area contributed by atoms with Crippen molar-refractivity contribution >= 4 is 28.2 Å². The molecule has 0 fully saturated rings. The Labute approximate surface area is 179 Å². The van der Waals surface area contributed by atoms with Gasteiger partial charge in [-0.3, -0.25) is 0 Å². The quantitative estimate of drug-likeness (QED) is 0.485. The van der Waals surface area contributed by atoms with Gasteiger partial charge in [-0.1, -0.05) is 74.3 Å². The Bertz CT molecular complexity index is 833. The van der Waals surface area contributed by atoms with Crippen LogP contribution >= 0.6 is 23.2 Å². The van der Waals surface area contributed by atoms with Crippen LogP contribution in [-0.4, -0.2) is 7.11 Å². The van der Waals surface area contributed by atoms with E-state index in [-0.39, 0.29) is 31.6 Å². The van der Waals surface area contributed by atoms with Gasteiger partial charge in [0, 0.05) is 47.9 Å². The molecule has 0 N–H and O–H groups in total. The first-order valence-corrected chi connectivity index (χ1v) is 8.86. The van der Waals surface area contributed by atoms with Gasteiger partial charge in [0.15, 0.2) is 0 Å². The number of hydrogen-bond acceptors (Lipinski definition) is 1. The zero-order valence-corrected chi connectivity index (χ0v) is 19.2. The molecule has 0 atom stereocenters. The summed E-state index contributed by atoms with van der Waals surface area (Å²) in [6, 6.07) is 10.3. The summed E-state index contributed by atoms with van der Waals surface area (Å²) in [6.45, 7) is 8.55. The summed E-state index contributed by atoms with van der Waals surface area (Å²) in [5.41, 5.74) is 6.34. The molecule has 0 radical (unpaired) electrons. The van der Waals surface area contributed by atoms with Gasteiger partial charge < -0.3 is 4.74 Å². The van der Waals surface area contributed by atoms with Crippen LogP contribution in [0.15, 0.2) is 35.9 Å². The molecule has 2 aromatic carbocycles. The number of ether oxygens (including phenoxy) is 1. The first kappa shape index (κ1) is 20.8. The number of allylic oxidation sites excluding steroid dienone is 1. The first-order chi connectivity index (χ1) is 11.3.